The van der Waals surface area contributed by atoms with E-state index in [1.807, 2.05) is 54.6 Å². The van der Waals surface area contributed by atoms with Crippen LogP contribution in [0.4, 0.5) is 4.39 Å². The second-order valence-electron chi connectivity index (χ2n) is 7.57. The van der Waals surface area contributed by atoms with Gasteiger partial charge in [0, 0.05) is 11.6 Å². The topological polar surface area (TPSA) is 35.5 Å². The first-order valence-corrected chi connectivity index (χ1v) is 10.8. The molecule has 1 aliphatic heterocycles. The molecule has 162 valence electrons. The number of rotatable bonds is 5. The lowest BCUT2D eigenvalue weighted by molar-refractivity contribution is 0.101. The summed E-state index contributed by atoms with van der Waals surface area (Å²) in [4.78, 5) is 12.8. The summed E-state index contributed by atoms with van der Waals surface area (Å²) in [6.07, 6.45) is 1.72. The fourth-order valence-corrected chi connectivity index (χ4v) is 3.85. The van der Waals surface area contributed by atoms with Crippen molar-refractivity contribution in [2.45, 2.75) is 6.61 Å². The van der Waals surface area contributed by atoms with E-state index >= 15 is 0 Å². The molecule has 1 heterocycles. The zero-order valence-electron chi connectivity index (χ0n) is 17.4. The van der Waals surface area contributed by atoms with E-state index in [9.17, 15) is 9.18 Å². The zero-order chi connectivity index (χ0) is 22.8. The van der Waals surface area contributed by atoms with Gasteiger partial charge in [-0.15, -0.1) is 0 Å². The Balaban J connectivity index is 1.32. The van der Waals surface area contributed by atoms with Crippen LogP contribution >= 0.6 is 11.6 Å². The van der Waals surface area contributed by atoms with Gasteiger partial charge in [0.25, 0.3) is 0 Å². The van der Waals surface area contributed by atoms with Crippen molar-refractivity contribution in [3.63, 3.8) is 0 Å². The van der Waals surface area contributed by atoms with Crippen molar-refractivity contribution in [3.05, 3.63) is 124 Å². The predicted octanol–water partition coefficient (Wildman–Crippen LogP) is 7.34. The second kappa shape index (κ2) is 8.93. The van der Waals surface area contributed by atoms with Gasteiger partial charge in [-0.2, -0.15) is 0 Å². The van der Waals surface area contributed by atoms with Gasteiger partial charge in [-0.25, -0.2) is 4.39 Å². The smallest absolute Gasteiger partial charge is 0.231 e. The predicted molar refractivity (Wildman–Crippen MR) is 127 cm³/mol. The molecule has 4 aromatic rings. The minimum absolute atomic E-state index is 0.0330. The van der Waals surface area contributed by atoms with Gasteiger partial charge in [0.1, 0.15) is 23.9 Å². The van der Waals surface area contributed by atoms with Crippen LogP contribution in [0.15, 0.2) is 96.8 Å². The summed E-state index contributed by atoms with van der Waals surface area (Å²) in [5.41, 5.74) is 3.81. The first kappa shape index (κ1) is 21.0. The fourth-order valence-electron chi connectivity index (χ4n) is 3.64. The number of hydrogen-bond acceptors (Lipinski definition) is 3. The van der Waals surface area contributed by atoms with Crippen LogP contribution in [-0.4, -0.2) is 5.78 Å². The fraction of sp³-hybridized carbons (Fsp3) is 0.0357. The molecule has 0 aliphatic carbocycles. The van der Waals surface area contributed by atoms with E-state index in [1.54, 1.807) is 36.4 Å². The van der Waals surface area contributed by atoms with E-state index in [-0.39, 0.29) is 23.7 Å². The number of ether oxygens (including phenoxy) is 2. The average Bonchev–Trinajstić information content (AvgIpc) is 3.14. The van der Waals surface area contributed by atoms with E-state index in [1.165, 1.54) is 6.07 Å². The molecule has 3 nitrogen and oxygen atoms in total. The first-order valence-electron chi connectivity index (χ1n) is 10.4. The molecule has 0 N–H and O–H groups in total. The molecule has 5 heteroatoms. The molecule has 0 atom stereocenters. The van der Waals surface area contributed by atoms with Crippen molar-refractivity contribution < 1.29 is 18.7 Å². The normalized spacial score (nSPS) is 13.6. The number of allylic oxidation sites excluding steroid dienone is 1. The Labute approximate surface area is 195 Å². The molecule has 4 aromatic carbocycles. The van der Waals surface area contributed by atoms with Crippen molar-refractivity contribution in [2.75, 3.05) is 0 Å². The largest absolute Gasteiger partial charge is 0.489 e. The molecule has 0 aromatic heterocycles. The number of hydrogen-bond donors (Lipinski definition) is 0. The average molecular weight is 457 g/mol. The third-order valence-corrected chi connectivity index (χ3v) is 5.76. The minimum atomic E-state index is -0.432. The Morgan fingerprint density at radius 2 is 1.64 bits per heavy atom. The molecule has 0 saturated heterocycles. The SMILES string of the molecule is O=C1C(=Cc2ccc(-c3ccccc3)cc2)Oc2cc(OCc3c(F)cccc3Cl)ccc21. The maximum atomic E-state index is 14.0. The summed E-state index contributed by atoms with van der Waals surface area (Å²) in [6.45, 7) is -0.0330. The van der Waals surface area contributed by atoms with Crippen molar-refractivity contribution >= 4 is 23.5 Å². The monoisotopic (exact) mass is 456 g/mol. The van der Waals surface area contributed by atoms with Gasteiger partial charge in [0.15, 0.2) is 5.76 Å². The lowest BCUT2D eigenvalue weighted by Crippen LogP contribution is -1.99. The van der Waals surface area contributed by atoms with E-state index < -0.39 is 5.82 Å². The number of fused-ring (bicyclic) bond motifs is 1. The van der Waals surface area contributed by atoms with E-state index in [2.05, 4.69) is 0 Å². The van der Waals surface area contributed by atoms with Crippen LogP contribution in [0.2, 0.25) is 5.02 Å². The highest BCUT2D eigenvalue weighted by Crippen LogP contribution is 2.35. The van der Waals surface area contributed by atoms with E-state index in [0.29, 0.717) is 22.1 Å². The van der Waals surface area contributed by atoms with Crippen molar-refractivity contribution in [1.82, 2.24) is 0 Å². The molecule has 33 heavy (non-hydrogen) atoms. The number of Topliss-reactive ketones (excluding diaryl/α,β-unsaturated/α-hetero) is 1. The summed E-state index contributed by atoms with van der Waals surface area (Å²) in [5.74, 6) is 0.477. The number of ketones is 1. The molecule has 1 aliphatic rings. The van der Waals surface area contributed by atoms with Crippen molar-refractivity contribution in [3.8, 4) is 22.6 Å². The Morgan fingerprint density at radius 3 is 2.39 bits per heavy atom. The van der Waals surface area contributed by atoms with Gasteiger partial charge in [-0.3, -0.25) is 4.79 Å². The second-order valence-corrected chi connectivity index (χ2v) is 7.98. The molecule has 0 amide bonds. The number of benzene rings is 4. The van der Waals surface area contributed by atoms with Gasteiger partial charge in [-0.05, 0) is 47.0 Å². The molecule has 0 radical (unpaired) electrons. The molecule has 0 saturated carbocycles. The summed E-state index contributed by atoms with van der Waals surface area (Å²) >= 11 is 6.05. The molecular formula is C28H18ClFO3. The molecular weight excluding hydrogens is 439 g/mol. The van der Waals surface area contributed by atoms with Crippen LogP contribution in [0.5, 0.6) is 11.5 Å². The molecule has 0 bridgehead atoms. The Hall–Kier alpha value is -3.89. The third kappa shape index (κ3) is 4.38. The molecule has 0 unspecified atom stereocenters. The number of carbonyl (C=O) groups excluding carboxylic acids is 1. The van der Waals surface area contributed by atoms with Gasteiger partial charge in [-0.1, -0.05) is 72.3 Å². The quantitative estimate of drug-likeness (QED) is 0.295. The maximum absolute atomic E-state index is 14.0. The van der Waals surface area contributed by atoms with Crippen LogP contribution in [0, 0.1) is 5.82 Å². The third-order valence-electron chi connectivity index (χ3n) is 5.40. The summed E-state index contributed by atoms with van der Waals surface area (Å²) < 4.78 is 25.5. The maximum Gasteiger partial charge on any atom is 0.231 e. The zero-order valence-corrected chi connectivity index (χ0v) is 18.2. The highest BCUT2D eigenvalue weighted by molar-refractivity contribution is 6.31. The lowest BCUT2D eigenvalue weighted by atomic mass is 10.0. The number of carbonyl (C=O) groups is 1. The van der Waals surface area contributed by atoms with Crippen molar-refractivity contribution in [2.24, 2.45) is 0 Å². The Bertz CT molecular complexity index is 1340. The summed E-state index contributed by atoms with van der Waals surface area (Å²) in [7, 11) is 0. The molecule has 0 fully saturated rings. The van der Waals surface area contributed by atoms with Crippen LogP contribution in [0.25, 0.3) is 17.2 Å². The van der Waals surface area contributed by atoms with Gasteiger partial charge >= 0.3 is 0 Å². The van der Waals surface area contributed by atoms with E-state index in [0.717, 1.165) is 16.7 Å². The molecule has 5 rings (SSSR count). The standard InChI is InChI=1S/C28H18ClFO3/c29-24-7-4-8-25(30)23(24)17-32-21-13-14-22-26(16-21)33-27(28(22)31)15-18-9-11-20(12-10-18)19-5-2-1-3-6-19/h1-16H,17H2. The Morgan fingerprint density at radius 1 is 0.879 bits per heavy atom. The number of halogens is 2. The highest BCUT2D eigenvalue weighted by atomic mass is 35.5. The summed E-state index contributed by atoms with van der Waals surface area (Å²) in [6, 6.07) is 27.4. The van der Waals surface area contributed by atoms with Crippen LogP contribution < -0.4 is 9.47 Å². The van der Waals surface area contributed by atoms with Crippen LogP contribution in [-0.2, 0) is 6.61 Å². The van der Waals surface area contributed by atoms with Gasteiger partial charge < -0.3 is 9.47 Å². The van der Waals surface area contributed by atoms with Crippen molar-refractivity contribution in [1.29, 1.82) is 0 Å². The summed E-state index contributed by atoms with van der Waals surface area (Å²) in [5, 5.41) is 0.297. The minimum Gasteiger partial charge on any atom is -0.489 e. The molecule has 0 spiro atoms. The first-order chi connectivity index (χ1) is 16.1. The highest BCUT2D eigenvalue weighted by Gasteiger charge is 2.27. The lowest BCUT2D eigenvalue weighted by Gasteiger charge is -2.09. The Kier molecular flexibility index (Phi) is 5.68. The van der Waals surface area contributed by atoms with Gasteiger partial charge in [0.05, 0.1) is 10.6 Å². The van der Waals surface area contributed by atoms with E-state index in [4.69, 9.17) is 21.1 Å². The van der Waals surface area contributed by atoms with Crippen LogP contribution in [0.3, 0.4) is 0 Å². The van der Waals surface area contributed by atoms with Crippen LogP contribution in [0.1, 0.15) is 21.5 Å². The van der Waals surface area contributed by atoms with Gasteiger partial charge in [0.2, 0.25) is 5.78 Å².